The van der Waals surface area contributed by atoms with E-state index in [9.17, 15) is 0 Å². The minimum Gasteiger partial charge on any atom is -0.271 e. The van der Waals surface area contributed by atoms with Gasteiger partial charge in [-0.3, -0.25) is 11.3 Å². The summed E-state index contributed by atoms with van der Waals surface area (Å²) in [6.07, 6.45) is 1.87. The minimum absolute atomic E-state index is 0.114. The number of nitrogens with one attached hydrogen (secondary N) is 1. The Bertz CT molecular complexity index is 379. The molecule has 0 aliphatic heterocycles. The zero-order valence-corrected chi connectivity index (χ0v) is 11.6. The summed E-state index contributed by atoms with van der Waals surface area (Å²) in [5.74, 6) is 5.56. The molecule has 0 radical (unpaired) electrons. The van der Waals surface area contributed by atoms with Gasteiger partial charge in [0.05, 0.1) is 0 Å². The molecule has 0 fully saturated rings. The Kier molecular flexibility index (Phi) is 5.49. The van der Waals surface area contributed by atoms with E-state index in [0.29, 0.717) is 5.02 Å². The fourth-order valence-electron chi connectivity index (χ4n) is 1.50. The molecular weight excluding hydrogens is 288 g/mol. The van der Waals surface area contributed by atoms with Gasteiger partial charge in [0.1, 0.15) is 0 Å². The number of nitrogens with two attached hydrogens (primary N) is 1. The van der Waals surface area contributed by atoms with Crippen LogP contribution in [0.4, 0.5) is 0 Å². The highest BCUT2D eigenvalue weighted by atomic mass is 79.9. The highest BCUT2D eigenvalue weighted by Crippen LogP contribution is 2.29. The standard InChI is InChI=1S/C12H16BrClN2/c1-8(2)3-6-12(16-15)10-5-4-9(14)7-11(10)13/h4-5,7,12,16H,1,3,6,15H2,2H3. The Morgan fingerprint density at radius 2 is 2.31 bits per heavy atom. The van der Waals surface area contributed by atoms with Crippen LogP contribution in [0.5, 0.6) is 0 Å². The summed E-state index contributed by atoms with van der Waals surface area (Å²) < 4.78 is 0.977. The lowest BCUT2D eigenvalue weighted by molar-refractivity contribution is 0.514. The van der Waals surface area contributed by atoms with Gasteiger partial charge in [-0.2, -0.15) is 0 Å². The number of rotatable bonds is 5. The van der Waals surface area contributed by atoms with Crippen LogP contribution >= 0.6 is 27.5 Å². The maximum absolute atomic E-state index is 5.90. The fraction of sp³-hybridized carbons (Fsp3) is 0.333. The monoisotopic (exact) mass is 302 g/mol. The van der Waals surface area contributed by atoms with Crippen molar-refractivity contribution in [2.24, 2.45) is 5.84 Å². The van der Waals surface area contributed by atoms with Crippen LogP contribution in [0.3, 0.4) is 0 Å². The molecule has 1 aromatic carbocycles. The van der Waals surface area contributed by atoms with Crippen LogP contribution in [-0.2, 0) is 0 Å². The number of benzene rings is 1. The van der Waals surface area contributed by atoms with E-state index in [1.165, 1.54) is 0 Å². The average Bonchev–Trinajstić information content (AvgIpc) is 2.21. The van der Waals surface area contributed by atoms with Gasteiger partial charge in [-0.25, -0.2) is 0 Å². The summed E-state index contributed by atoms with van der Waals surface area (Å²) in [5, 5.41) is 0.714. The van der Waals surface area contributed by atoms with E-state index in [4.69, 9.17) is 17.4 Å². The third kappa shape index (κ3) is 3.91. The van der Waals surface area contributed by atoms with Crippen molar-refractivity contribution < 1.29 is 0 Å². The highest BCUT2D eigenvalue weighted by Gasteiger charge is 2.12. The molecule has 0 heterocycles. The molecule has 2 nitrogen and oxygen atoms in total. The molecule has 0 saturated heterocycles. The lowest BCUT2D eigenvalue weighted by Gasteiger charge is -2.18. The predicted octanol–water partition coefficient (Wildman–Crippen LogP) is 3.96. The van der Waals surface area contributed by atoms with Crippen LogP contribution in [0, 0.1) is 0 Å². The molecule has 0 saturated carbocycles. The first kappa shape index (κ1) is 13.7. The van der Waals surface area contributed by atoms with Gasteiger partial charge in [0.2, 0.25) is 0 Å². The van der Waals surface area contributed by atoms with Crippen molar-refractivity contribution in [2.75, 3.05) is 0 Å². The van der Waals surface area contributed by atoms with Crippen LogP contribution in [0.2, 0.25) is 5.02 Å². The van der Waals surface area contributed by atoms with Crippen molar-refractivity contribution in [3.05, 3.63) is 45.4 Å². The first-order chi connectivity index (χ1) is 7.54. The van der Waals surface area contributed by atoms with Crippen LogP contribution in [0.1, 0.15) is 31.4 Å². The third-order valence-corrected chi connectivity index (χ3v) is 3.32. The smallest absolute Gasteiger partial charge is 0.0474 e. The zero-order chi connectivity index (χ0) is 12.1. The SMILES string of the molecule is C=C(C)CCC(NN)c1ccc(Cl)cc1Br. The molecule has 1 rings (SSSR count). The zero-order valence-electron chi connectivity index (χ0n) is 9.26. The molecule has 0 aliphatic carbocycles. The molecule has 16 heavy (non-hydrogen) atoms. The van der Waals surface area contributed by atoms with E-state index in [2.05, 4.69) is 27.9 Å². The van der Waals surface area contributed by atoms with E-state index >= 15 is 0 Å². The van der Waals surface area contributed by atoms with Gasteiger partial charge in [-0.15, -0.1) is 6.58 Å². The number of allylic oxidation sites excluding steroid dienone is 1. The van der Waals surface area contributed by atoms with Gasteiger partial charge in [0.25, 0.3) is 0 Å². The molecule has 1 atom stereocenters. The average molecular weight is 304 g/mol. The molecule has 1 aromatic rings. The Hall–Kier alpha value is -0.350. The maximum Gasteiger partial charge on any atom is 0.0474 e. The van der Waals surface area contributed by atoms with E-state index in [-0.39, 0.29) is 6.04 Å². The quantitative estimate of drug-likeness (QED) is 0.491. The molecular formula is C12H16BrClN2. The van der Waals surface area contributed by atoms with Crippen molar-refractivity contribution in [1.29, 1.82) is 0 Å². The summed E-state index contributed by atoms with van der Waals surface area (Å²) >= 11 is 9.39. The van der Waals surface area contributed by atoms with E-state index in [1.54, 1.807) is 0 Å². The second-order valence-electron chi connectivity index (χ2n) is 3.88. The van der Waals surface area contributed by atoms with Gasteiger partial charge in [0, 0.05) is 15.5 Å². The second kappa shape index (κ2) is 6.40. The molecule has 0 amide bonds. The highest BCUT2D eigenvalue weighted by molar-refractivity contribution is 9.10. The van der Waals surface area contributed by atoms with Crippen molar-refractivity contribution in [2.45, 2.75) is 25.8 Å². The summed E-state index contributed by atoms with van der Waals surface area (Å²) in [7, 11) is 0. The summed E-state index contributed by atoms with van der Waals surface area (Å²) in [6, 6.07) is 5.84. The minimum atomic E-state index is 0.114. The Morgan fingerprint density at radius 3 is 2.81 bits per heavy atom. The topological polar surface area (TPSA) is 38.0 Å². The molecule has 1 unspecified atom stereocenters. The summed E-state index contributed by atoms with van der Waals surface area (Å²) in [4.78, 5) is 0. The maximum atomic E-state index is 5.90. The first-order valence-corrected chi connectivity index (χ1v) is 6.27. The second-order valence-corrected chi connectivity index (χ2v) is 5.17. The van der Waals surface area contributed by atoms with Crippen molar-refractivity contribution >= 4 is 27.5 Å². The normalized spacial score (nSPS) is 12.5. The number of hydrazine groups is 1. The van der Waals surface area contributed by atoms with E-state index < -0.39 is 0 Å². The van der Waals surface area contributed by atoms with Gasteiger partial charge in [-0.05, 0) is 37.5 Å². The van der Waals surface area contributed by atoms with E-state index in [0.717, 1.165) is 28.5 Å². The van der Waals surface area contributed by atoms with Gasteiger partial charge < -0.3 is 0 Å². The van der Waals surface area contributed by atoms with E-state index in [1.807, 2.05) is 25.1 Å². The molecule has 3 N–H and O–H groups in total. The van der Waals surface area contributed by atoms with Crippen molar-refractivity contribution in [1.82, 2.24) is 5.43 Å². The molecule has 4 heteroatoms. The number of hydrogen-bond acceptors (Lipinski definition) is 2. The van der Waals surface area contributed by atoms with Crippen LogP contribution in [-0.4, -0.2) is 0 Å². The molecule has 0 aliphatic rings. The predicted molar refractivity (Wildman–Crippen MR) is 73.3 cm³/mol. The summed E-state index contributed by atoms with van der Waals surface area (Å²) in [6.45, 7) is 5.91. The molecule has 0 bridgehead atoms. The van der Waals surface area contributed by atoms with Crippen LogP contribution in [0.15, 0.2) is 34.8 Å². The van der Waals surface area contributed by atoms with Gasteiger partial charge in [0.15, 0.2) is 0 Å². The molecule has 88 valence electrons. The fourth-order valence-corrected chi connectivity index (χ4v) is 2.46. The Labute approximate surface area is 110 Å². The molecule has 0 aromatic heterocycles. The van der Waals surface area contributed by atoms with Crippen molar-refractivity contribution in [3.63, 3.8) is 0 Å². The lowest BCUT2D eigenvalue weighted by atomic mass is 10.0. The van der Waals surface area contributed by atoms with Crippen LogP contribution < -0.4 is 11.3 Å². The first-order valence-electron chi connectivity index (χ1n) is 5.10. The van der Waals surface area contributed by atoms with Gasteiger partial charge >= 0.3 is 0 Å². The summed E-state index contributed by atoms with van der Waals surface area (Å²) in [5.41, 5.74) is 5.10. The van der Waals surface area contributed by atoms with Crippen molar-refractivity contribution in [3.8, 4) is 0 Å². The number of halogens is 2. The van der Waals surface area contributed by atoms with Crippen LogP contribution in [0.25, 0.3) is 0 Å². The van der Waals surface area contributed by atoms with Gasteiger partial charge in [-0.1, -0.05) is 39.2 Å². The third-order valence-electron chi connectivity index (χ3n) is 2.40. The number of hydrogen-bond donors (Lipinski definition) is 2. The Morgan fingerprint density at radius 1 is 1.62 bits per heavy atom. The largest absolute Gasteiger partial charge is 0.271 e. The Balaban J connectivity index is 2.82. The lowest BCUT2D eigenvalue weighted by Crippen LogP contribution is -2.28. The molecule has 0 spiro atoms.